The van der Waals surface area contributed by atoms with Crippen molar-refractivity contribution in [2.24, 2.45) is 10.8 Å². The average Bonchev–Trinajstić information content (AvgIpc) is 3.46. The zero-order valence-electron chi connectivity index (χ0n) is 19.1. The summed E-state index contributed by atoms with van der Waals surface area (Å²) in [4.78, 5) is 0. The van der Waals surface area contributed by atoms with Gasteiger partial charge in [0.1, 0.15) is 0 Å². The van der Waals surface area contributed by atoms with Gasteiger partial charge in [-0.1, -0.05) is 99.7 Å². The fourth-order valence-electron chi connectivity index (χ4n) is 6.23. The fraction of sp³-hybridized carbons (Fsp3) is 0.200. The number of rotatable bonds is 2. The van der Waals surface area contributed by atoms with Crippen LogP contribution in [0.3, 0.4) is 0 Å². The molecule has 0 N–H and O–H groups in total. The third-order valence-corrected chi connectivity index (χ3v) is 7.35. The Labute approximate surface area is 219 Å². The van der Waals surface area contributed by atoms with Crippen LogP contribution >= 0.6 is 17.0 Å². The molecule has 3 heteroatoms. The van der Waals surface area contributed by atoms with Gasteiger partial charge >= 0.3 is 37.9 Å². The molecule has 5 aliphatic rings. The molecule has 0 aromatic heterocycles. The van der Waals surface area contributed by atoms with E-state index in [0.717, 1.165) is 6.42 Å². The van der Waals surface area contributed by atoms with Crippen molar-refractivity contribution in [3.63, 3.8) is 0 Å². The first kappa shape index (κ1) is 24.3. The van der Waals surface area contributed by atoms with Gasteiger partial charge in [0.2, 0.25) is 0 Å². The van der Waals surface area contributed by atoms with Gasteiger partial charge in [-0.05, 0) is 47.5 Å². The van der Waals surface area contributed by atoms with E-state index in [1.165, 1.54) is 52.9 Å². The van der Waals surface area contributed by atoms with Crippen LogP contribution < -0.4 is 0 Å². The molecule has 1 unspecified atom stereocenters. The monoisotopic (exact) mass is 546 g/mol. The van der Waals surface area contributed by atoms with Crippen LogP contribution in [0.15, 0.2) is 78.9 Å². The Morgan fingerprint density at radius 3 is 1.73 bits per heavy atom. The number of fused-ring (bicyclic) bond motifs is 4. The van der Waals surface area contributed by atoms with E-state index < -0.39 is 20.8 Å². The Bertz CT molecular complexity index is 927. The Kier molecular flexibility index (Phi) is 7.08. The number of halogens is 2. The third-order valence-electron chi connectivity index (χ3n) is 7.35. The van der Waals surface area contributed by atoms with Crippen molar-refractivity contribution >= 4 is 17.0 Å². The number of hydrogen-bond donors (Lipinski definition) is 0. The number of benzene rings is 1. The quantitative estimate of drug-likeness (QED) is 0.350. The van der Waals surface area contributed by atoms with Gasteiger partial charge in [-0.3, -0.25) is 0 Å². The van der Waals surface area contributed by atoms with Crippen molar-refractivity contribution in [3.8, 4) is 0 Å². The van der Waals surface area contributed by atoms with Crippen LogP contribution in [0.5, 0.6) is 0 Å². The van der Waals surface area contributed by atoms with Gasteiger partial charge in [0.15, 0.2) is 0 Å². The first-order valence-corrected chi connectivity index (χ1v) is 17.6. The minimum absolute atomic E-state index is 0.00539. The van der Waals surface area contributed by atoms with Crippen molar-refractivity contribution in [1.82, 2.24) is 0 Å². The predicted molar refractivity (Wildman–Crippen MR) is 135 cm³/mol. The third kappa shape index (κ3) is 4.17. The minimum atomic E-state index is -0.826. The van der Waals surface area contributed by atoms with Crippen LogP contribution in [0.1, 0.15) is 32.8 Å². The van der Waals surface area contributed by atoms with Crippen LogP contribution in [-0.4, -0.2) is 0 Å². The summed E-state index contributed by atoms with van der Waals surface area (Å²) >= 11 is -0.826. The Hall–Kier alpha value is -0.357. The zero-order chi connectivity index (χ0) is 23.2. The van der Waals surface area contributed by atoms with Gasteiger partial charge in [-0.15, -0.1) is 0 Å². The Morgan fingerprint density at radius 1 is 0.697 bits per heavy atom. The standard InChI is InChI=1S/C30H26.2ClH.Zr/c1-29(2)19-30(3,27-18-21(17-26(27)29)20-11-5-4-6-12-20)28-24-15-9-7-13-22(24)23-14-8-10-16-25(23)28;;;/h4-18H,19H2,1-3H3;2*1H;/q;;;+4/p-2. The van der Waals surface area contributed by atoms with Crippen LogP contribution in [0, 0.1) is 71.0 Å². The van der Waals surface area contributed by atoms with E-state index in [2.05, 4.69) is 113 Å². The van der Waals surface area contributed by atoms with Crippen molar-refractivity contribution in [3.05, 3.63) is 145 Å². The summed E-state index contributed by atoms with van der Waals surface area (Å²) in [7, 11) is 9.87. The normalized spacial score (nSPS) is 30.2. The summed E-state index contributed by atoms with van der Waals surface area (Å²) in [6, 6.07) is 10.8. The summed E-state index contributed by atoms with van der Waals surface area (Å²) < 4.78 is 0. The number of hydrogen-bond acceptors (Lipinski definition) is 0. The molecular formula is C30H26Cl2Zr+2. The molecule has 162 valence electrons. The van der Waals surface area contributed by atoms with Crippen LogP contribution in [-0.2, 0) is 20.8 Å². The molecule has 0 spiro atoms. The molecule has 0 nitrogen and oxygen atoms in total. The molecule has 10 radical (unpaired) electrons. The molecule has 33 heavy (non-hydrogen) atoms. The van der Waals surface area contributed by atoms with Crippen LogP contribution in [0.4, 0.5) is 0 Å². The molecule has 1 aromatic carbocycles. The maximum absolute atomic E-state index is 4.93. The second kappa shape index (κ2) is 9.60. The van der Waals surface area contributed by atoms with Gasteiger partial charge in [-0.2, -0.15) is 0 Å². The van der Waals surface area contributed by atoms with Crippen LogP contribution in [0.25, 0.3) is 0 Å². The van der Waals surface area contributed by atoms with Crippen LogP contribution in [0.2, 0.25) is 0 Å². The van der Waals surface area contributed by atoms with Gasteiger partial charge in [0.25, 0.3) is 0 Å². The SMILES string of the molecule is CC1(C)CC(C)([C]2[C]3C=CC=C[C]3[C]3C=CC=C[C]32)[C]2[CH][C](c3ccccc3)[CH][C]21.[Cl][Zr+2][Cl]. The maximum atomic E-state index is 4.93. The second-order valence-electron chi connectivity index (χ2n) is 9.87. The van der Waals surface area contributed by atoms with Crippen molar-refractivity contribution in [2.75, 3.05) is 0 Å². The van der Waals surface area contributed by atoms with Crippen molar-refractivity contribution < 1.29 is 20.8 Å². The molecule has 0 aliphatic heterocycles. The topological polar surface area (TPSA) is 0 Å². The Morgan fingerprint density at radius 2 is 1.18 bits per heavy atom. The molecule has 0 bridgehead atoms. The fourth-order valence-corrected chi connectivity index (χ4v) is 6.23. The predicted octanol–water partition coefficient (Wildman–Crippen LogP) is 8.13. The van der Waals surface area contributed by atoms with E-state index in [4.69, 9.17) is 17.0 Å². The van der Waals surface area contributed by atoms with Crippen molar-refractivity contribution in [2.45, 2.75) is 27.2 Å². The van der Waals surface area contributed by atoms with E-state index in [-0.39, 0.29) is 10.8 Å². The molecule has 3 saturated carbocycles. The van der Waals surface area contributed by atoms with E-state index >= 15 is 0 Å². The zero-order valence-corrected chi connectivity index (χ0v) is 23.1. The summed E-state index contributed by atoms with van der Waals surface area (Å²) in [5.74, 6) is 11.5. The van der Waals surface area contributed by atoms with Gasteiger partial charge in [-0.25, -0.2) is 0 Å². The number of allylic oxidation sites excluding steroid dienone is 8. The van der Waals surface area contributed by atoms with E-state index in [0.29, 0.717) is 0 Å². The molecule has 0 saturated heterocycles. The van der Waals surface area contributed by atoms with Gasteiger partial charge < -0.3 is 0 Å². The van der Waals surface area contributed by atoms with Crippen molar-refractivity contribution in [1.29, 1.82) is 0 Å². The van der Waals surface area contributed by atoms with Gasteiger partial charge in [0.05, 0.1) is 0 Å². The molecule has 1 atom stereocenters. The van der Waals surface area contributed by atoms with E-state index in [9.17, 15) is 0 Å². The van der Waals surface area contributed by atoms with Gasteiger partial charge in [0, 0.05) is 35.5 Å². The molecule has 0 amide bonds. The average molecular weight is 549 g/mol. The molecule has 6 rings (SSSR count). The van der Waals surface area contributed by atoms with E-state index in [1.54, 1.807) is 0 Å². The summed E-state index contributed by atoms with van der Waals surface area (Å²) in [6.07, 6.45) is 24.0. The summed E-state index contributed by atoms with van der Waals surface area (Å²) in [5.41, 5.74) is 1.45. The summed E-state index contributed by atoms with van der Waals surface area (Å²) in [6.45, 7) is 7.31. The second-order valence-corrected chi connectivity index (χ2v) is 13.6. The first-order chi connectivity index (χ1) is 15.9. The first-order valence-electron chi connectivity index (χ1n) is 11.3. The summed E-state index contributed by atoms with van der Waals surface area (Å²) in [5, 5.41) is 0. The molecule has 5 aliphatic carbocycles. The molecular weight excluding hydrogens is 522 g/mol. The van der Waals surface area contributed by atoms with E-state index in [1.807, 2.05) is 0 Å². The molecule has 0 heterocycles. The molecule has 1 aromatic rings. The Balaban J connectivity index is 0.000000724. The molecule has 3 fully saturated rings.